The Morgan fingerprint density at radius 1 is 0.914 bits per heavy atom. The van der Waals surface area contributed by atoms with Crippen LogP contribution in [-0.2, 0) is 17.8 Å². The highest BCUT2D eigenvalue weighted by molar-refractivity contribution is 6.02. The van der Waals surface area contributed by atoms with Gasteiger partial charge in [-0.15, -0.1) is 0 Å². The van der Waals surface area contributed by atoms with E-state index in [2.05, 4.69) is 50.8 Å². The Morgan fingerprint density at radius 2 is 1.69 bits per heavy atom. The molecule has 35 heavy (non-hydrogen) atoms. The second-order valence-electron chi connectivity index (χ2n) is 9.66. The normalized spacial score (nSPS) is 16.1. The van der Waals surface area contributed by atoms with Crippen LogP contribution in [0.2, 0.25) is 0 Å². The molecule has 1 aromatic heterocycles. The van der Waals surface area contributed by atoms with Gasteiger partial charge in [0.25, 0.3) is 5.91 Å². The van der Waals surface area contributed by atoms with Crippen molar-refractivity contribution in [3.05, 3.63) is 89.7 Å². The molecular weight excluding hydrogens is 436 g/mol. The topological polar surface area (TPSA) is 74.3 Å². The van der Waals surface area contributed by atoms with Crippen LogP contribution in [0.15, 0.2) is 73.1 Å². The van der Waals surface area contributed by atoms with Crippen molar-refractivity contribution < 1.29 is 9.59 Å². The number of hydrogen-bond donors (Lipinski definition) is 2. The van der Waals surface area contributed by atoms with Gasteiger partial charge in [-0.25, -0.2) is 0 Å². The zero-order valence-corrected chi connectivity index (χ0v) is 20.0. The summed E-state index contributed by atoms with van der Waals surface area (Å²) in [5, 5.41) is 6.02. The highest BCUT2D eigenvalue weighted by Gasteiger charge is 2.30. The Bertz CT molecular complexity index is 1150. The molecule has 180 valence electrons. The number of piperidine rings is 1. The van der Waals surface area contributed by atoms with Gasteiger partial charge < -0.3 is 15.5 Å². The van der Waals surface area contributed by atoms with E-state index in [1.807, 2.05) is 30.3 Å². The molecule has 3 aromatic rings. The van der Waals surface area contributed by atoms with Crippen molar-refractivity contribution >= 4 is 23.2 Å². The molecule has 6 nitrogen and oxygen atoms in total. The van der Waals surface area contributed by atoms with Gasteiger partial charge in [-0.05, 0) is 73.4 Å². The van der Waals surface area contributed by atoms with Gasteiger partial charge in [0.05, 0.1) is 5.56 Å². The quantitative estimate of drug-likeness (QED) is 0.497. The number of benzene rings is 2. The Hall–Kier alpha value is -3.67. The Kier molecular flexibility index (Phi) is 7.07. The van der Waals surface area contributed by atoms with Crippen LogP contribution >= 0.6 is 0 Å². The lowest BCUT2D eigenvalue weighted by Gasteiger charge is -2.35. The van der Waals surface area contributed by atoms with E-state index in [-0.39, 0.29) is 17.7 Å². The molecule has 2 N–H and O–H groups in total. The third-order valence-corrected chi connectivity index (χ3v) is 6.96. The largest absolute Gasteiger partial charge is 0.371 e. The first-order chi connectivity index (χ1) is 17.2. The summed E-state index contributed by atoms with van der Waals surface area (Å²) in [7, 11) is 0. The lowest BCUT2D eigenvalue weighted by molar-refractivity contribution is -0.117. The number of aromatic nitrogens is 1. The molecule has 0 atom stereocenters. The third-order valence-electron chi connectivity index (χ3n) is 6.96. The first kappa shape index (κ1) is 23.1. The predicted octanol–water partition coefficient (Wildman–Crippen LogP) is 4.82. The molecule has 0 bridgehead atoms. The van der Waals surface area contributed by atoms with Crippen LogP contribution in [0.25, 0.3) is 0 Å². The molecule has 0 radical (unpaired) electrons. The number of pyridine rings is 1. The van der Waals surface area contributed by atoms with E-state index in [1.54, 1.807) is 12.4 Å². The lowest BCUT2D eigenvalue weighted by atomic mass is 9.89. The number of carbonyl (C=O) groups excluding carboxylic acids is 2. The number of anilines is 2. The van der Waals surface area contributed by atoms with E-state index in [0.29, 0.717) is 23.7 Å². The van der Waals surface area contributed by atoms with Crippen LogP contribution in [0.1, 0.15) is 47.2 Å². The SMILES string of the molecule is O=C(NCc1cccnc1)c1cc(NC(=O)C2CC2)ccc1N1CCC(Cc2ccccc2)CC1. The molecule has 2 aromatic carbocycles. The molecule has 2 heterocycles. The van der Waals surface area contributed by atoms with Crippen molar-refractivity contribution in [2.75, 3.05) is 23.3 Å². The fourth-order valence-corrected chi connectivity index (χ4v) is 4.77. The van der Waals surface area contributed by atoms with E-state index in [1.165, 1.54) is 5.56 Å². The van der Waals surface area contributed by atoms with Gasteiger partial charge in [0.15, 0.2) is 0 Å². The Morgan fingerprint density at radius 3 is 2.40 bits per heavy atom. The van der Waals surface area contributed by atoms with Gasteiger partial charge in [0.2, 0.25) is 5.91 Å². The van der Waals surface area contributed by atoms with Crippen LogP contribution < -0.4 is 15.5 Å². The highest BCUT2D eigenvalue weighted by atomic mass is 16.2. The molecule has 2 amide bonds. The van der Waals surface area contributed by atoms with E-state index in [9.17, 15) is 9.59 Å². The zero-order valence-electron chi connectivity index (χ0n) is 20.0. The van der Waals surface area contributed by atoms with Crippen LogP contribution in [0.3, 0.4) is 0 Å². The molecule has 1 aliphatic carbocycles. The molecule has 6 heteroatoms. The number of nitrogens with zero attached hydrogens (tertiary/aromatic N) is 2. The summed E-state index contributed by atoms with van der Waals surface area (Å²) in [6.07, 6.45) is 8.64. The zero-order chi connectivity index (χ0) is 24.0. The summed E-state index contributed by atoms with van der Waals surface area (Å²) in [6, 6.07) is 20.2. The summed E-state index contributed by atoms with van der Waals surface area (Å²) in [4.78, 5) is 32.0. The summed E-state index contributed by atoms with van der Waals surface area (Å²) in [6.45, 7) is 2.23. The number of rotatable bonds is 8. The maximum absolute atomic E-state index is 13.3. The minimum absolute atomic E-state index is 0.0428. The lowest BCUT2D eigenvalue weighted by Crippen LogP contribution is -2.36. The maximum atomic E-state index is 13.3. The molecule has 0 unspecified atom stereocenters. The van der Waals surface area contributed by atoms with Crippen LogP contribution in [-0.4, -0.2) is 29.9 Å². The maximum Gasteiger partial charge on any atom is 0.253 e. The molecular formula is C29H32N4O2. The molecule has 5 rings (SSSR count). The molecule has 1 saturated heterocycles. The van der Waals surface area contributed by atoms with Crippen molar-refractivity contribution in [2.24, 2.45) is 11.8 Å². The average molecular weight is 469 g/mol. The van der Waals surface area contributed by atoms with Gasteiger partial charge >= 0.3 is 0 Å². The Labute approximate surface area is 206 Å². The van der Waals surface area contributed by atoms with Gasteiger partial charge in [-0.1, -0.05) is 36.4 Å². The minimum atomic E-state index is -0.141. The van der Waals surface area contributed by atoms with Gasteiger partial charge in [0.1, 0.15) is 0 Å². The summed E-state index contributed by atoms with van der Waals surface area (Å²) in [5.41, 5.74) is 4.54. The monoisotopic (exact) mass is 468 g/mol. The standard InChI is InChI=1S/C29H32N4O2/c34-28(24-8-9-24)32-25-10-11-27(26(18-25)29(35)31-20-23-7-4-14-30-19-23)33-15-12-22(13-16-33)17-21-5-2-1-3-6-21/h1-7,10-11,14,18-19,22,24H,8-9,12-13,15-17,20H2,(H,31,35)(H,32,34). The second-order valence-corrected chi connectivity index (χ2v) is 9.66. The number of amides is 2. The third kappa shape index (κ3) is 6.07. The van der Waals surface area contributed by atoms with Crippen molar-refractivity contribution in [3.63, 3.8) is 0 Å². The van der Waals surface area contributed by atoms with E-state index in [0.717, 1.165) is 56.4 Å². The molecule has 1 aliphatic heterocycles. The molecule has 1 saturated carbocycles. The molecule has 2 fully saturated rings. The van der Waals surface area contributed by atoms with Crippen LogP contribution in [0.5, 0.6) is 0 Å². The fourth-order valence-electron chi connectivity index (χ4n) is 4.77. The number of nitrogens with one attached hydrogen (secondary N) is 2. The molecule has 0 spiro atoms. The molecule has 2 aliphatic rings. The fraction of sp³-hybridized carbons (Fsp3) is 0.345. The first-order valence-corrected chi connectivity index (χ1v) is 12.6. The smallest absolute Gasteiger partial charge is 0.253 e. The Balaban J connectivity index is 1.30. The highest BCUT2D eigenvalue weighted by Crippen LogP contribution is 2.33. The number of carbonyl (C=O) groups is 2. The van der Waals surface area contributed by atoms with Crippen molar-refractivity contribution in [2.45, 2.75) is 38.6 Å². The summed E-state index contributed by atoms with van der Waals surface area (Å²) < 4.78 is 0. The van der Waals surface area contributed by atoms with Crippen LogP contribution in [0.4, 0.5) is 11.4 Å². The van der Waals surface area contributed by atoms with Gasteiger partial charge in [0, 0.05) is 49.3 Å². The van der Waals surface area contributed by atoms with Gasteiger partial charge in [-0.3, -0.25) is 14.6 Å². The average Bonchev–Trinajstić information content (AvgIpc) is 3.75. The first-order valence-electron chi connectivity index (χ1n) is 12.6. The van der Waals surface area contributed by atoms with E-state index < -0.39 is 0 Å². The van der Waals surface area contributed by atoms with Crippen molar-refractivity contribution in [1.29, 1.82) is 0 Å². The minimum Gasteiger partial charge on any atom is -0.371 e. The van der Waals surface area contributed by atoms with Crippen molar-refractivity contribution in [3.8, 4) is 0 Å². The van der Waals surface area contributed by atoms with Crippen LogP contribution in [0, 0.1) is 11.8 Å². The second kappa shape index (κ2) is 10.7. The van der Waals surface area contributed by atoms with Gasteiger partial charge in [-0.2, -0.15) is 0 Å². The van der Waals surface area contributed by atoms with Crippen molar-refractivity contribution in [1.82, 2.24) is 10.3 Å². The van der Waals surface area contributed by atoms with E-state index >= 15 is 0 Å². The number of hydrogen-bond acceptors (Lipinski definition) is 4. The summed E-state index contributed by atoms with van der Waals surface area (Å²) in [5.74, 6) is 0.661. The summed E-state index contributed by atoms with van der Waals surface area (Å²) >= 11 is 0. The predicted molar refractivity (Wildman–Crippen MR) is 138 cm³/mol. The van der Waals surface area contributed by atoms with E-state index in [4.69, 9.17) is 0 Å².